The average Bonchev–Trinajstić information content (AvgIpc) is 3.20. The van der Waals surface area contributed by atoms with Crippen LogP contribution >= 0.6 is 11.6 Å². The molecular weight excluding hydrogens is 469 g/mol. The maximum Gasteiger partial charge on any atom is 0.411 e. The second kappa shape index (κ2) is 8.90. The topological polar surface area (TPSA) is 73.1 Å². The molecule has 0 saturated heterocycles. The molecule has 1 aliphatic carbocycles. The van der Waals surface area contributed by atoms with Crippen molar-refractivity contribution in [2.45, 2.75) is 75.9 Å². The van der Waals surface area contributed by atoms with E-state index in [9.17, 15) is 9.18 Å². The number of aromatic nitrogens is 4. The molecular formula is C26H29ClFN5O2. The molecule has 35 heavy (non-hydrogen) atoms. The van der Waals surface area contributed by atoms with Crippen LogP contribution in [0.15, 0.2) is 42.9 Å². The van der Waals surface area contributed by atoms with Gasteiger partial charge in [-0.15, -0.1) is 21.8 Å². The van der Waals surface area contributed by atoms with Gasteiger partial charge in [0.25, 0.3) is 0 Å². The molecule has 0 N–H and O–H groups in total. The maximum atomic E-state index is 14.3. The summed E-state index contributed by atoms with van der Waals surface area (Å²) < 4.78 is 21.8. The van der Waals surface area contributed by atoms with Crippen molar-refractivity contribution >= 4 is 17.7 Å². The largest absolute Gasteiger partial charge is 0.444 e. The Kier molecular flexibility index (Phi) is 6.03. The molecule has 2 aliphatic rings. The van der Waals surface area contributed by atoms with Crippen LogP contribution in [0.25, 0.3) is 5.69 Å². The van der Waals surface area contributed by atoms with Crippen molar-refractivity contribution < 1.29 is 13.9 Å². The van der Waals surface area contributed by atoms with Crippen molar-refractivity contribution in [1.82, 2.24) is 24.6 Å². The van der Waals surface area contributed by atoms with E-state index in [4.69, 9.17) is 16.3 Å². The fraction of sp³-hybridized carbons (Fsp3) is 0.462. The third-order valence-corrected chi connectivity index (χ3v) is 7.37. The number of carbonyl (C=O) groups excluding carboxylic acids is 1. The summed E-state index contributed by atoms with van der Waals surface area (Å²) >= 11 is 7.19. The summed E-state index contributed by atoms with van der Waals surface area (Å²) in [4.78, 5) is 18.3. The highest BCUT2D eigenvalue weighted by Crippen LogP contribution is 2.48. The number of carbonyl (C=O) groups is 1. The molecule has 0 unspecified atom stereocenters. The Morgan fingerprint density at radius 3 is 2.69 bits per heavy atom. The van der Waals surface area contributed by atoms with Gasteiger partial charge >= 0.3 is 6.09 Å². The highest BCUT2D eigenvalue weighted by molar-refractivity contribution is 6.24. The first-order chi connectivity index (χ1) is 16.6. The summed E-state index contributed by atoms with van der Waals surface area (Å²) in [5.41, 5.74) is 2.79. The first-order valence-electron chi connectivity index (χ1n) is 11.9. The number of rotatable bonds is 2. The number of pyridine rings is 1. The van der Waals surface area contributed by atoms with Gasteiger partial charge < -0.3 is 4.74 Å². The van der Waals surface area contributed by atoms with Crippen molar-refractivity contribution in [3.05, 3.63) is 71.3 Å². The number of amides is 1. The van der Waals surface area contributed by atoms with Crippen molar-refractivity contribution in [2.24, 2.45) is 0 Å². The van der Waals surface area contributed by atoms with E-state index in [0.29, 0.717) is 37.4 Å². The van der Waals surface area contributed by atoms with Crippen LogP contribution in [-0.2, 0) is 22.7 Å². The molecule has 3 aromatic rings. The van der Waals surface area contributed by atoms with E-state index in [0.717, 1.165) is 29.7 Å². The number of alkyl halides is 1. The minimum atomic E-state index is -0.604. The summed E-state index contributed by atoms with van der Waals surface area (Å²) in [5, 5.41) is 8.27. The predicted octanol–water partition coefficient (Wildman–Crippen LogP) is 5.84. The van der Waals surface area contributed by atoms with Crippen LogP contribution in [-0.4, -0.2) is 36.3 Å². The second-order valence-electron chi connectivity index (χ2n) is 10.4. The van der Waals surface area contributed by atoms with Crippen LogP contribution in [0.1, 0.15) is 75.0 Å². The van der Waals surface area contributed by atoms with Gasteiger partial charge in [0.15, 0.2) is 5.82 Å². The molecule has 184 valence electrons. The van der Waals surface area contributed by atoms with E-state index in [2.05, 4.69) is 21.2 Å². The van der Waals surface area contributed by atoms with E-state index in [-0.39, 0.29) is 11.7 Å². The lowest BCUT2D eigenvalue weighted by Crippen LogP contribution is -2.36. The molecule has 0 atom stereocenters. The summed E-state index contributed by atoms with van der Waals surface area (Å²) in [7, 11) is 0. The van der Waals surface area contributed by atoms with Crippen LogP contribution in [0.4, 0.5) is 9.18 Å². The monoisotopic (exact) mass is 497 g/mol. The molecule has 0 bridgehead atoms. The van der Waals surface area contributed by atoms with Crippen LogP contribution in [0.2, 0.25) is 0 Å². The number of fused-ring (bicyclic) bond motifs is 3. The SMILES string of the molecule is CC(C)(C)OC(=O)N1Cc2cc(C3(Cl)CCC(c4ncccc4F)CC3)ccc2-n2cnnc2C1. The fourth-order valence-electron chi connectivity index (χ4n) is 5.02. The van der Waals surface area contributed by atoms with E-state index in [1.807, 2.05) is 37.5 Å². The highest BCUT2D eigenvalue weighted by Gasteiger charge is 2.37. The molecule has 1 fully saturated rings. The predicted molar refractivity (Wildman–Crippen MR) is 130 cm³/mol. The third kappa shape index (κ3) is 4.76. The summed E-state index contributed by atoms with van der Waals surface area (Å²) in [5.74, 6) is 0.476. The average molecular weight is 498 g/mol. The molecule has 0 spiro atoms. The fourth-order valence-corrected chi connectivity index (χ4v) is 5.35. The maximum absolute atomic E-state index is 14.3. The van der Waals surface area contributed by atoms with E-state index in [1.165, 1.54) is 6.07 Å². The molecule has 1 aromatic carbocycles. The minimum absolute atomic E-state index is 0.0612. The Bertz CT molecular complexity index is 1250. The molecule has 2 aromatic heterocycles. The number of benzene rings is 1. The van der Waals surface area contributed by atoms with E-state index < -0.39 is 16.6 Å². The second-order valence-corrected chi connectivity index (χ2v) is 11.1. The molecule has 5 rings (SSSR count). The molecule has 9 heteroatoms. The number of hydrogen-bond acceptors (Lipinski definition) is 5. The van der Waals surface area contributed by atoms with E-state index in [1.54, 1.807) is 23.5 Å². The normalized spacial score (nSPS) is 22.2. The van der Waals surface area contributed by atoms with Gasteiger partial charge in [-0.05, 0) is 75.8 Å². The van der Waals surface area contributed by atoms with Crippen molar-refractivity contribution in [3.63, 3.8) is 0 Å². The van der Waals surface area contributed by atoms with Gasteiger partial charge in [-0.1, -0.05) is 12.1 Å². The number of halogens is 2. The van der Waals surface area contributed by atoms with Gasteiger partial charge in [0.2, 0.25) is 0 Å². The number of ether oxygens (including phenoxy) is 1. The summed E-state index contributed by atoms with van der Waals surface area (Å²) in [6.07, 6.45) is 5.84. The molecule has 1 saturated carbocycles. The standard InChI is InChI=1S/C26H29ClFN5O2/c1-25(2,3)35-24(34)32-14-18-13-19(6-7-21(18)33-16-30-31-22(33)15-32)26(27)10-8-17(9-11-26)23-20(28)5-4-12-29-23/h4-7,12-13,16-17H,8-11,14-15H2,1-3H3. The highest BCUT2D eigenvalue weighted by atomic mass is 35.5. The third-order valence-electron chi connectivity index (χ3n) is 6.77. The first kappa shape index (κ1) is 23.7. The van der Waals surface area contributed by atoms with Crippen LogP contribution in [0, 0.1) is 5.82 Å². The Hall–Kier alpha value is -3.00. The lowest BCUT2D eigenvalue weighted by molar-refractivity contribution is 0.0214. The van der Waals surface area contributed by atoms with Crippen molar-refractivity contribution in [3.8, 4) is 5.69 Å². The van der Waals surface area contributed by atoms with Gasteiger partial charge in [-0.3, -0.25) is 14.5 Å². The zero-order valence-corrected chi connectivity index (χ0v) is 20.9. The van der Waals surface area contributed by atoms with Gasteiger partial charge in [0, 0.05) is 12.1 Å². The first-order valence-corrected chi connectivity index (χ1v) is 12.3. The number of nitrogens with zero attached hydrogens (tertiary/aromatic N) is 5. The quantitative estimate of drug-likeness (QED) is 0.415. The van der Waals surface area contributed by atoms with Crippen LogP contribution in [0.3, 0.4) is 0 Å². The minimum Gasteiger partial charge on any atom is -0.444 e. The number of hydrogen-bond donors (Lipinski definition) is 0. The molecule has 0 radical (unpaired) electrons. The summed E-state index contributed by atoms with van der Waals surface area (Å²) in [6, 6.07) is 9.22. The molecule has 7 nitrogen and oxygen atoms in total. The lowest BCUT2D eigenvalue weighted by Gasteiger charge is -2.36. The van der Waals surface area contributed by atoms with Crippen LogP contribution < -0.4 is 0 Å². The summed E-state index contributed by atoms with van der Waals surface area (Å²) in [6.45, 7) is 6.21. The van der Waals surface area contributed by atoms with Gasteiger partial charge in [0.05, 0.1) is 29.3 Å². The van der Waals surface area contributed by atoms with Gasteiger partial charge in [0.1, 0.15) is 17.7 Å². The lowest BCUT2D eigenvalue weighted by atomic mass is 9.76. The van der Waals surface area contributed by atoms with Crippen molar-refractivity contribution in [2.75, 3.05) is 0 Å². The van der Waals surface area contributed by atoms with Crippen LogP contribution in [0.5, 0.6) is 0 Å². The zero-order chi connectivity index (χ0) is 24.8. The van der Waals surface area contributed by atoms with Gasteiger partial charge in [-0.25, -0.2) is 9.18 Å². The Morgan fingerprint density at radius 2 is 1.97 bits per heavy atom. The van der Waals surface area contributed by atoms with Gasteiger partial charge in [-0.2, -0.15) is 0 Å². The molecule has 3 heterocycles. The Labute approximate surface area is 209 Å². The zero-order valence-electron chi connectivity index (χ0n) is 20.2. The molecule has 1 aliphatic heterocycles. The van der Waals surface area contributed by atoms with E-state index >= 15 is 0 Å². The molecule has 1 amide bonds. The smallest absolute Gasteiger partial charge is 0.411 e. The Balaban J connectivity index is 1.42. The Morgan fingerprint density at radius 1 is 1.20 bits per heavy atom. The van der Waals surface area contributed by atoms with Crippen molar-refractivity contribution in [1.29, 1.82) is 0 Å².